The maximum Gasteiger partial charge on any atom is 0.243 e. The minimum absolute atomic E-state index is 0.00347. The van der Waals surface area contributed by atoms with Gasteiger partial charge in [-0.25, -0.2) is 12.8 Å². The van der Waals surface area contributed by atoms with Crippen LogP contribution in [-0.4, -0.2) is 25.8 Å². The summed E-state index contributed by atoms with van der Waals surface area (Å²) in [4.78, 5) is -0.00347. The Morgan fingerprint density at radius 2 is 1.86 bits per heavy atom. The summed E-state index contributed by atoms with van der Waals surface area (Å²) >= 11 is 5.71. The van der Waals surface area contributed by atoms with Gasteiger partial charge in [-0.15, -0.1) is 11.6 Å². The fourth-order valence-electron chi connectivity index (χ4n) is 2.27. The second kappa shape index (κ2) is 7.07. The SMILES string of the molecule is Cc1c(F)cc(CCl)cc1S(=O)(=O)N(C)C(C)CC(C)C. The van der Waals surface area contributed by atoms with Gasteiger partial charge in [-0.1, -0.05) is 13.8 Å². The van der Waals surface area contributed by atoms with Crippen LogP contribution in [0.15, 0.2) is 17.0 Å². The van der Waals surface area contributed by atoms with Gasteiger partial charge in [0.2, 0.25) is 10.0 Å². The van der Waals surface area contributed by atoms with Crippen LogP contribution >= 0.6 is 11.6 Å². The second-order valence-corrected chi connectivity index (χ2v) is 8.07. The first-order valence-corrected chi connectivity index (χ1v) is 8.91. The molecule has 120 valence electrons. The van der Waals surface area contributed by atoms with Gasteiger partial charge in [-0.05, 0) is 43.9 Å². The van der Waals surface area contributed by atoms with Crippen LogP contribution < -0.4 is 0 Å². The highest BCUT2D eigenvalue weighted by atomic mass is 35.5. The zero-order valence-corrected chi connectivity index (χ0v) is 14.7. The average molecular weight is 336 g/mol. The molecule has 3 nitrogen and oxygen atoms in total. The second-order valence-electron chi connectivity index (χ2n) is 5.83. The molecule has 1 aromatic carbocycles. The van der Waals surface area contributed by atoms with Crippen molar-refractivity contribution in [1.29, 1.82) is 0 Å². The van der Waals surface area contributed by atoms with Crippen molar-refractivity contribution in [3.63, 3.8) is 0 Å². The third-order valence-corrected chi connectivity index (χ3v) is 6.01. The lowest BCUT2D eigenvalue weighted by molar-refractivity contribution is 0.337. The monoisotopic (exact) mass is 335 g/mol. The fraction of sp³-hybridized carbons (Fsp3) is 0.600. The van der Waals surface area contributed by atoms with E-state index in [1.165, 1.54) is 30.4 Å². The Bertz CT molecular complexity index is 602. The summed E-state index contributed by atoms with van der Waals surface area (Å²) in [6.45, 7) is 7.40. The molecule has 1 aromatic rings. The highest BCUT2D eigenvalue weighted by molar-refractivity contribution is 7.89. The van der Waals surface area contributed by atoms with E-state index in [0.29, 0.717) is 11.5 Å². The zero-order valence-electron chi connectivity index (χ0n) is 13.2. The van der Waals surface area contributed by atoms with Crippen molar-refractivity contribution in [2.75, 3.05) is 7.05 Å². The van der Waals surface area contributed by atoms with Gasteiger partial charge in [0, 0.05) is 24.5 Å². The topological polar surface area (TPSA) is 37.4 Å². The van der Waals surface area contributed by atoms with Crippen molar-refractivity contribution in [3.05, 3.63) is 29.1 Å². The number of sulfonamides is 1. The molecule has 6 heteroatoms. The maximum atomic E-state index is 13.9. The molecule has 0 fully saturated rings. The predicted molar refractivity (Wildman–Crippen MR) is 84.6 cm³/mol. The van der Waals surface area contributed by atoms with Gasteiger partial charge in [0.15, 0.2) is 0 Å². The van der Waals surface area contributed by atoms with Crippen molar-refractivity contribution in [3.8, 4) is 0 Å². The Hall–Kier alpha value is -0.650. The van der Waals surface area contributed by atoms with Crippen molar-refractivity contribution >= 4 is 21.6 Å². The van der Waals surface area contributed by atoms with Gasteiger partial charge in [0.05, 0.1) is 4.90 Å². The van der Waals surface area contributed by atoms with Crippen LogP contribution in [0.4, 0.5) is 4.39 Å². The van der Waals surface area contributed by atoms with Crippen molar-refractivity contribution in [1.82, 2.24) is 4.31 Å². The Kier molecular flexibility index (Phi) is 6.20. The molecule has 1 rings (SSSR count). The first-order valence-electron chi connectivity index (χ1n) is 6.94. The van der Waals surface area contributed by atoms with E-state index in [0.717, 1.165) is 6.42 Å². The molecule has 0 aliphatic carbocycles. The number of hydrogen-bond donors (Lipinski definition) is 0. The molecular formula is C15H23ClFNO2S. The number of halogens is 2. The van der Waals surface area contributed by atoms with Crippen LogP contribution in [0, 0.1) is 18.7 Å². The summed E-state index contributed by atoms with van der Waals surface area (Å²) in [6.07, 6.45) is 0.743. The summed E-state index contributed by atoms with van der Waals surface area (Å²) < 4.78 is 40.6. The summed E-state index contributed by atoms with van der Waals surface area (Å²) in [7, 11) is -2.20. The predicted octanol–water partition coefficient (Wildman–Crippen LogP) is 3.93. The minimum Gasteiger partial charge on any atom is -0.207 e. The van der Waals surface area contributed by atoms with Crippen molar-refractivity contribution in [2.45, 2.75) is 50.9 Å². The molecule has 0 spiro atoms. The van der Waals surface area contributed by atoms with E-state index in [9.17, 15) is 12.8 Å². The minimum atomic E-state index is -3.73. The number of alkyl halides is 1. The molecule has 21 heavy (non-hydrogen) atoms. The number of nitrogens with zero attached hydrogens (tertiary/aromatic N) is 1. The van der Waals surface area contributed by atoms with Crippen LogP contribution in [0.1, 0.15) is 38.3 Å². The van der Waals surface area contributed by atoms with Crippen LogP contribution in [0.25, 0.3) is 0 Å². The van der Waals surface area contributed by atoms with Crippen LogP contribution in [0.3, 0.4) is 0 Å². The Labute approximate surface area is 132 Å². The first-order chi connectivity index (χ1) is 9.61. The fourth-order valence-corrected chi connectivity index (χ4v) is 4.08. The average Bonchev–Trinajstić information content (AvgIpc) is 2.39. The molecule has 0 aromatic heterocycles. The lowest BCUT2D eigenvalue weighted by Crippen LogP contribution is -2.36. The largest absolute Gasteiger partial charge is 0.243 e. The quantitative estimate of drug-likeness (QED) is 0.739. The van der Waals surface area contributed by atoms with Gasteiger partial charge in [-0.3, -0.25) is 0 Å². The van der Waals surface area contributed by atoms with Crippen molar-refractivity contribution in [2.24, 2.45) is 5.92 Å². The first kappa shape index (κ1) is 18.4. The normalized spacial score (nSPS) is 14.0. The molecule has 0 heterocycles. The maximum absolute atomic E-state index is 13.9. The van der Waals surface area contributed by atoms with E-state index in [2.05, 4.69) is 0 Å². The lowest BCUT2D eigenvalue weighted by Gasteiger charge is -2.26. The molecule has 0 aliphatic heterocycles. The van der Waals surface area contributed by atoms with E-state index in [-0.39, 0.29) is 22.4 Å². The number of benzene rings is 1. The number of hydrogen-bond acceptors (Lipinski definition) is 2. The third-order valence-electron chi connectivity index (χ3n) is 3.60. The molecule has 0 N–H and O–H groups in total. The van der Waals surface area contributed by atoms with Crippen molar-refractivity contribution < 1.29 is 12.8 Å². The van der Waals surface area contributed by atoms with Gasteiger partial charge in [-0.2, -0.15) is 4.31 Å². The van der Waals surface area contributed by atoms with E-state index < -0.39 is 15.8 Å². The highest BCUT2D eigenvalue weighted by Gasteiger charge is 2.28. The van der Waals surface area contributed by atoms with E-state index >= 15 is 0 Å². The van der Waals surface area contributed by atoms with Gasteiger partial charge < -0.3 is 0 Å². The van der Waals surface area contributed by atoms with Gasteiger partial charge >= 0.3 is 0 Å². The third kappa shape index (κ3) is 4.18. The molecule has 1 atom stereocenters. The van der Waals surface area contributed by atoms with Gasteiger partial charge in [0.25, 0.3) is 0 Å². The molecule has 0 saturated carbocycles. The summed E-state index contributed by atoms with van der Waals surface area (Å²) in [5.41, 5.74) is 0.593. The summed E-state index contributed by atoms with van der Waals surface area (Å²) in [6, 6.07) is 2.58. The van der Waals surface area contributed by atoms with Crippen LogP contribution in [-0.2, 0) is 15.9 Å². The molecule has 0 saturated heterocycles. The standard InChI is InChI=1S/C15H23ClFNO2S/c1-10(2)6-11(3)18(5)21(19,20)15-8-13(9-16)7-14(17)12(15)4/h7-8,10-11H,6,9H2,1-5H3. The van der Waals surface area contributed by atoms with Crippen LogP contribution in [0.5, 0.6) is 0 Å². The molecular weight excluding hydrogens is 313 g/mol. The Morgan fingerprint density at radius 1 is 1.29 bits per heavy atom. The molecule has 0 aliphatic rings. The summed E-state index contributed by atoms with van der Waals surface area (Å²) in [5.74, 6) is -0.0911. The van der Waals surface area contributed by atoms with E-state index in [1.807, 2.05) is 20.8 Å². The Morgan fingerprint density at radius 3 is 2.33 bits per heavy atom. The van der Waals surface area contributed by atoms with Gasteiger partial charge in [0.1, 0.15) is 5.82 Å². The lowest BCUT2D eigenvalue weighted by atomic mass is 10.1. The Balaban J connectivity index is 3.27. The molecule has 0 bridgehead atoms. The van der Waals surface area contributed by atoms with E-state index in [4.69, 9.17) is 11.6 Å². The molecule has 0 amide bonds. The highest BCUT2D eigenvalue weighted by Crippen LogP contribution is 2.26. The zero-order chi connectivity index (χ0) is 16.4. The smallest absolute Gasteiger partial charge is 0.207 e. The summed E-state index contributed by atoms with van der Waals surface area (Å²) in [5, 5.41) is 0. The molecule has 0 radical (unpaired) electrons. The number of rotatable bonds is 6. The van der Waals surface area contributed by atoms with E-state index in [1.54, 1.807) is 0 Å². The van der Waals surface area contributed by atoms with Crippen LogP contribution in [0.2, 0.25) is 0 Å². The molecule has 1 unspecified atom stereocenters.